The Labute approximate surface area is 201 Å². The molecule has 3 atom stereocenters. The number of carbonyl (C=O) groups excluding carboxylic acids is 1. The van der Waals surface area contributed by atoms with Crippen LogP contribution in [0.25, 0.3) is 5.57 Å². The Morgan fingerprint density at radius 2 is 2.15 bits per heavy atom. The van der Waals surface area contributed by atoms with Crippen molar-refractivity contribution < 1.29 is 18.7 Å². The van der Waals surface area contributed by atoms with Crippen LogP contribution in [0, 0.1) is 5.82 Å². The van der Waals surface area contributed by atoms with Crippen molar-refractivity contribution in [1.82, 2.24) is 15.1 Å². The van der Waals surface area contributed by atoms with Crippen LogP contribution in [0.15, 0.2) is 42.1 Å². The monoisotopic (exact) mass is 494 g/mol. The maximum absolute atomic E-state index is 13.9. The van der Waals surface area contributed by atoms with E-state index in [-0.39, 0.29) is 23.1 Å². The Hall–Kier alpha value is -2.55. The lowest BCUT2D eigenvalue weighted by molar-refractivity contribution is -0.142. The molecule has 1 fully saturated rings. The smallest absolute Gasteiger partial charge is 0.322 e. The summed E-state index contributed by atoms with van der Waals surface area (Å²) in [6.45, 7) is 2.38. The summed E-state index contributed by atoms with van der Waals surface area (Å²) < 4.78 is 26.7. The number of halogens is 3. The van der Waals surface area contributed by atoms with Crippen LogP contribution in [0.2, 0.25) is 10.0 Å². The normalized spacial score (nSPS) is 21.7. The van der Waals surface area contributed by atoms with Gasteiger partial charge in [-0.2, -0.15) is 5.10 Å². The van der Waals surface area contributed by atoms with Crippen LogP contribution in [-0.4, -0.2) is 35.4 Å². The molecule has 1 aliphatic carbocycles. The Balaban J connectivity index is 1.51. The van der Waals surface area contributed by atoms with Crippen LogP contribution in [0.5, 0.6) is 0 Å². The number of ether oxygens (including phenoxy) is 2. The Morgan fingerprint density at radius 1 is 1.36 bits per heavy atom. The number of carbonyl (C=O) groups is 1. The first kappa shape index (κ1) is 23.6. The van der Waals surface area contributed by atoms with E-state index < -0.39 is 11.9 Å². The molecule has 0 bridgehead atoms. The number of methoxy groups -OCH3 is 1. The molecule has 0 saturated carbocycles. The fraction of sp³-hybridized carbons (Fsp3) is 0.391. The highest BCUT2D eigenvalue weighted by atomic mass is 35.5. The Bertz CT molecular complexity index is 1130. The molecule has 7 nitrogen and oxygen atoms in total. The molecule has 1 saturated heterocycles. The Kier molecular flexibility index (Phi) is 6.97. The molecule has 10 heteroatoms. The number of nitrogens with two attached hydrogens (primary N) is 1. The van der Waals surface area contributed by atoms with Gasteiger partial charge < -0.3 is 20.5 Å². The fourth-order valence-electron chi connectivity index (χ4n) is 4.16. The van der Waals surface area contributed by atoms with Gasteiger partial charge in [0.1, 0.15) is 23.7 Å². The second kappa shape index (κ2) is 9.75. The second-order valence-electron chi connectivity index (χ2n) is 8.16. The zero-order chi connectivity index (χ0) is 23.7. The van der Waals surface area contributed by atoms with Crippen LogP contribution in [-0.2, 0) is 14.3 Å². The molecule has 1 aromatic carbocycles. The van der Waals surface area contributed by atoms with Gasteiger partial charge in [0, 0.05) is 28.9 Å². The van der Waals surface area contributed by atoms with Gasteiger partial charge in [0.2, 0.25) is 0 Å². The van der Waals surface area contributed by atoms with Crippen LogP contribution in [0.3, 0.4) is 0 Å². The first-order valence-corrected chi connectivity index (χ1v) is 11.4. The van der Waals surface area contributed by atoms with E-state index in [4.69, 9.17) is 38.4 Å². The summed E-state index contributed by atoms with van der Waals surface area (Å²) in [5.74, 6) is -0.326. The molecule has 2 aromatic rings. The summed E-state index contributed by atoms with van der Waals surface area (Å²) >= 11 is 12.4. The van der Waals surface area contributed by atoms with Crippen LogP contribution < -0.4 is 11.1 Å². The lowest BCUT2D eigenvalue weighted by atomic mass is 9.97. The van der Waals surface area contributed by atoms with E-state index in [1.807, 2.05) is 17.0 Å². The molecule has 0 amide bonds. The van der Waals surface area contributed by atoms with Crippen molar-refractivity contribution in [1.29, 1.82) is 0 Å². The van der Waals surface area contributed by atoms with Crippen molar-refractivity contribution in [2.24, 2.45) is 5.73 Å². The van der Waals surface area contributed by atoms with Gasteiger partial charge in [-0.15, -0.1) is 0 Å². The van der Waals surface area contributed by atoms with Crippen LogP contribution in [0.1, 0.15) is 49.5 Å². The zero-order valence-corrected chi connectivity index (χ0v) is 19.8. The van der Waals surface area contributed by atoms with Gasteiger partial charge in [0.15, 0.2) is 0 Å². The number of aromatic nitrogens is 2. The summed E-state index contributed by atoms with van der Waals surface area (Å²) in [5.41, 5.74) is 9.15. The van der Waals surface area contributed by atoms with Crippen molar-refractivity contribution in [3.63, 3.8) is 0 Å². The number of allylic oxidation sites excluding steroid dienone is 3. The van der Waals surface area contributed by atoms with Gasteiger partial charge in [-0.1, -0.05) is 23.2 Å². The fourth-order valence-corrected chi connectivity index (χ4v) is 4.84. The standard InChI is InChI=1S/C23H25Cl2FN4O3/c1-12(21-16(24)4-5-17(26)22(21)25)33-20-7-13(3-6-18(20)27)14-9-29-30(11-14)15-8-19(28-10-15)23(31)32-2/h4-5,7,9,11-12,15,19,28H,3,6,8,10,27H2,1-2H3. The Morgan fingerprint density at radius 3 is 2.91 bits per heavy atom. The summed E-state index contributed by atoms with van der Waals surface area (Å²) in [5, 5.41) is 7.92. The molecule has 176 valence electrons. The van der Waals surface area contributed by atoms with E-state index >= 15 is 0 Å². The number of rotatable bonds is 6. The third kappa shape index (κ3) is 4.88. The van der Waals surface area contributed by atoms with E-state index in [0.717, 1.165) is 17.6 Å². The second-order valence-corrected chi connectivity index (χ2v) is 8.94. The van der Waals surface area contributed by atoms with Crippen LogP contribution in [0.4, 0.5) is 4.39 Å². The van der Waals surface area contributed by atoms with Gasteiger partial charge in [0.05, 0.1) is 30.1 Å². The lowest BCUT2D eigenvalue weighted by Gasteiger charge is -2.23. The minimum Gasteiger partial charge on any atom is -0.484 e. The van der Waals surface area contributed by atoms with Crippen molar-refractivity contribution >= 4 is 34.7 Å². The quantitative estimate of drug-likeness (QED) is 0.452. The van der Waals surface area contributed by atoms with E-state index in [9.17, 15) is 9.18 Å². The summed E-state index contributed by atoms with van der Waals surface area (Å²) in [6.07, 6.45) is 6.98. The maximum atomic E-state index is 13.9. The first-order valence-electron chi connectivity index (χ1n) is 10.6. The number of nitrogens with one attached hydrogen (secondary N) is 1. The third-order valence-corrected chi connectivity index (χ3v) is 6.73. The molecular formula is C23H25Cl2FN4O3. The van der Waals surface area contributed by atoms with Crippen molar-refractivity contribution in [3.8, 4) is 0 Å². The largest absolute Gasteiger partial charge is 0.484 e. The highest BCUT2D eigenvalue weighted by Crippen LogP contribution is 2.37. The number of esters is 1. The average molecular weight is 495 g/mol. The zero-order valence-electron chi connectivity index (χ0n) is 18.3. The molecule has 0 spiro atoms. The van der Waals surface area contributed by atoms with Crippen molar-refractivity contribution in [2.75, 3.05) is 13.7 Å². The first-order chi connectivity index (χ1) is 15.8. The minimum atomic E-state index is -0.604. The molecule has 2 aliphatic rings. The summed E-state index contributed by atoms with van der Waals surface area (Å²) in [7, 11) is 1.38. The number of hydrogen-bond donors (Lipinski definition) is 2. The van der Waals surface area contributed by atoms with Gasteiger partial charge in [0.25, 0.3) is 0 Å². The van der Waals surface area contributed by atoms with Gasteiger partial charge in [-0.3, -0.25) is 9.48 Å². The molecule has 3 unspecified atom stereocenters. The van der Waals surface area contributed by atoms with Crippen molar-refractivity contribution in [3.05, 3.63) is 69.0 Å². The van der Waals surface area contributed by atoms with E-state index in [1.54, 1.807) is 13.1 Å². The lowest BCUT2D eigenvalue weighted by Crippen LogP contribution is -2.31. The van der Waals surface area contributed by atoms with Gasteiger partial charge in [-0.05, 0) is 50.0 Å². The predicted octanol–water partition coefficient (Wildman–Crippen LogP) is 4.53. The molecule has 33 heavy (non-hydrogen) atoms. The van der Waals surface area contributed by atoms with E-state index in [0.29, 0.717) is 41.4 Å². The van der Waals surface area contributed by atoms with E-state index in [1.165, 1.54) is 19.2 Å². The predicted molar refractivity (Wildman–Crippen MR) is 124 cm³/mol. The molecule has 4 rings (SSSR count). The summed E-state index contributed by atoms with van der Waals surface area (Å²) in [6, 6.07) is 2.40. The molecule has 3 N–H and O–H groups in total. The molecular weight excluding hydrogens is 470 g/mol. The highest BCUT2D eigenvalue weighted by molar-refractivity contribution is 6.36. The van der Waals surface area contributed by atoms with Gasteiger partial charge >= 0.3 is 5.97 Å². The van der Waals surface area contributed by atoms with Gasteiger partial charge in [-0.25, -0.2) is 4.39 Å². The summed E-state index contributed by atoms with van der Waals surface area (Å²) in [4.78, 5) is 11.8. The number of hydrogen-bond acceptors (Lipinski definition) is 6. The molecule has 2 heterocycles. The highest BCUT2D eigenvalue weighted by Gasteiger charge is 2.31. The maximum Gasteiger partial charge on any atom is 0.322 e. The topological polar surface area (TPSA) is 91.4 Å². The van der Waals surface area contributed by atoms with E-state index in [2.05, 4.69) is 10.4 Å². The minimum absolute atomic E-state index is 0.0562. The molecule has 1 aliphatic heterocycles. The van der Waals surface area contributed by atoms with Crippen LogP contribution >= 0.6 is 23.2 Å². The average Bonchev–Trinajstić information content (AvgIpc) is 3.47. The third-order valence-electron chi connectivity index (χ3n) is 6.01. The SMILES string of the molecule is COC(=O)C1CC(n2cc(C3=CC(OC(C)c4c(Cl)ccc(F)c4Cl)=C(N)CC3)cn2)CN1. The number of nitrogens with zero attached hydrogens (tertiary/aromatic N) is 2. The molecule has 0 radical (unpaired) electrons. The molecule has 1 aromatic heterocycles. The number of benzene rings is 1. The van der Waals surface area contributed by atoms with Crippen molar-refractivity contribution in [2.45, 2.75) is 44.4 Å².